The van der Waals surface area contributed by atoms with E-state index in [1.165, 1.54) is 6.07 Å². The van der Waals surface area contributed by atoms with Crippen LogP contribution in [-0.2, 0) is 0 Å². The Kier molecular flexibility index (Phi) is 5.39. The van der Waals surface area contributed by atoms with E-state index < -0.39 is 0 Å². The molecule has 4 nitrogen and oxygen atoms in total. The molecule has 3 rings (SSSR count). The lowest BCUT2D eigenvalue weighted by atomic mass is 10.1. The molecule has 0 unspecified atom stereocenters. The third-order valence-electron chi connectivity index (χ3n) is 5.15. The van der Waals surface area contributed by atoms with E-state index in [1.54, 1.807) is 6.07 Å². The molecule has 1 N–H and O–H groups in total. The summed E-state index contributed by atoms with van der Waals surface area (Å²) < 4.78 is 13.8. The van der Waals surface area contributed by atoms with Crippen LogP contribution in [0.1, 0.15) is 37.7 Å². The van der Waals surface area contributed by atoms with E-state index in [4.69, 9.17) is 0 Å². The van der Waals surface area contributed by atoms with Crippen molar-refractivity contribution < 1.29 is 9.18 Å². The second-order valence-corrected chi connectivity index (χ2v) is 7.28. The molecule has 0 radical (unpaired) electrons. The first-order valence-corrected chi connectivity index (χ1v) is 9.07. The first-order chi connectivity index (χ1) is 11.6. The molecule has 1 aliphatic carbocycles. The van der Waals surface area contributed by atoms with Crippen LogP contribution in [0.2, 0.25) is 0 Å². The van der Waals surface area contributed by atoms with Crippen LogP contribution in [0, 0.1) is 11.7 Å². The van der Waals surface area contributed by atoms with Crippen LogP contribution in [-0.4, -0.2) is 55.1 Å². The molecule has 2 fully saturated rings. The molecule has 3 atom stereocenters. The minimum atomic E-state index is -0.167. The van der Waals surface area contributed by atoms with E-state index in [9.17, 15) is 9.18 Å². The average molecular weight is 333 g/mol. The lowest BCUT2D eigenvalue weighted by Crippen LogP contribution is -2.40. The first-order valence-electron chi connectivity index (χ1n) is 9.07. The predicted molar refractivity (Wildman–Crippen MR) is 93.5 cm³/mol. The molecule has 5 heteroatoms. The van der Waals surface area contributed by atoms with Crippen molar-refractivity contribution >= 4 is 6.03 Å². The molecule has 1 aromatic carbocycles. The van der Waals surface area contributed by atoms with Crippen molar-refractivity contribution in [2.75, 3.05) is 33.2 Å². The largest absolute Gasteiger partial charge is 0.335 e. The fraction of sp³-hybridized carbons (Fsp3) is 0.632. The van der Waals surface area contributed by atoms with Crippen molar-refractivity contribution in [2.45, 2.75) is 38.1 Å². The van der Waals surface area contributed by atoms with Gasteiger partial charge in [-0.05, 0) is 50.4 Å². The smallest absolute Gasteiger partial charge is 0.317 e. The first kappa shape index (κ1) is 17.2. The molecule has 1 saturated heterocycles. The van der Waals surface area contributed by atoms with Crippen LogP contribution in [0.4, 0.5) is 9.18 Å². The lowest BCUT2D eigenvalue weighted by molar-refractivity contribution is 0.203. The molecule has 1 heterocycles. The molecule has 132 valence electrons. The van der Waals surface area contributed by atoms with Gasteiger partial charge in [0.25, 0.3) is 0 Å². The molecule has 1 aliphatic heterocycles. The number of benzene rings is 1. The third-order valence-corrected chi connectivity index (χ3v) is 5.15. The summed E-state index contributed by atoms with van der Waals surface area (Å²) in [7, 11) is 2.15. The maximum atomic E-state index is 13.8. The summed E-state index contributed by atoms with van der Waals surface area (Å²) in [6.45, 7) is 6.00. The number of rotatable bonds is 6. The standard InChI is InChI=1S/C19H28FN3O/c1-3-9-22(2)12-14-8-10-23(13-14)19(24)21-18-11-16(18)15-6-4-5-7-17(15)20/h4-7,14,16,18H,3,8-13H2,1-2H3,(H,21,24)/t14-,16-,18-/m0/s1. The second kappa shape index (κ2) is 7.51. The summed E-state index contributed by atoms with van der Waals surface area (Å²) in [5.41, 5.74) is 0.725. The highest BCUT2D eigenvalue weighted by molar-refractivity contribution is 5.75. The highest BCUT2D eigenvalue weighted by Gasteiger charge is 2.42. The second-order valence-electron chi connectivity index (χ2n) is 7.28. The number of hydrogen-bond acceptors (Lipinski definition) is 2. The molecular weight excluding hydrogens is 305 g/mol. The Morgan fingerprint density at radius 1 is 1.42 bits per heavy atom. The zero-order valence-electron chi connectivity index (χ0n) is 14.7. The van der Waals surface area contributed by atoms with Crippen LogP contribution < -0.4 is 5.32 Å². The molecule has 1 aromatic rings. The van der Waals surface area contributed by atoms with Crippen molar-refractivity contribution in [1.29, 1.82) is 0 Å². The van der Waals surface area contributed by atoms with Gasteiger partial charge in [0.1, 0.15) is 5.82 Å². The van der Waals surface area contributed by atoms with E-state index >= 15 is 0 Å². The van der Waals surface area contributed by atoms with Gasteiger partial charge in [0.2, 0.25) is 0 Å². The van der Waals surface area contributed by atoms with Gasteiger partial charge < -0.3 is 15.1 Å². The Morgan fingerprint density at radius 2 is 2.21 bits per heavy atom. The average Bonchev–Trinajstić information content (AvgIpc) is 3.14. The van der Waals surface area contributed by atoms with E-state index in [1.807, 2.05) is 17.0 Å². The molecule has 1 saturated carbocycles. The summed E-state index contributed by atoms with van der Waals surface area (Å²) >= 11 is 0. The highest BCUT2D eigenvalue weighted by Crippen LogP contribution is 2.42. The SMILES string of the molecule is CCCN(C)C[C@@H]1CCN(C(=O)N[C@H]2C[C@H]2c2ccccc2F)C1. The number of halogens is 1. The van der Waals surface area contributed by atoms with Gasteiger partial charge in [-0.2, -0.15) is 0 Å². The summed E-state index contributed by atoms with van der Waals surface area (Å²) in [6, 6.07) is 6.96. The quantitative estimate of drug-likeness (QED) is 0.868. The summed E-state index contributed by atoms with van der Waals surface area (Å²) in [6.07, 6.45) is 3.07. The fourth-order valence-corrected chi connectivity index (χ4v) is 3.80. The van der Waals surface area contributed by atoms with Gasteiger partial charge in [-0.15, -0.1) is 0 Å². The minimum absolute atomic E-state index is 0.0134. The van der Waals surface area contributed by atoms with Crippen molar-refractivity contribution in [1.82, 2.24) is 15.1 Å². The van der Waals surface area contributed by atoms with Gasteiger partial charge in [-0.3, -0.25) is 0 Å². The highest BCUT2D eigenvalue weighted by atomic mass is 19.1. The molecule has 0 bridgehead atoms. The Bertz CT molecular complexity index is 579. The minimum Gasteiger partial charge on any atom is -0.335 e. The van der Waals surface area contributed by atoms with Crippen molar-refractivity contribution in [3.63, 3.8) is 0 Å². The Hall–Kier alpha value is -1.62. The summed E-state index contributed by atoms with van der Waals surface area (Å²) in [5.74, 6) is 0.526. The van der Waals surface area contributed by atoms with Gasteiger partial charge in [0.05, 0.1) is 0 Å². The van der Waals surface area contributed by atoms with Crippen LogP contribution in [0.5, 0.6) is 0 Å². The van der Waals surface area contributed by atoms with E-state index in [2.05, 4.69) is 24.2 Å². The number of likely N-dealkylation sites (tertiary alicyclic amines) is 1. The number of urea groups is 1. The Morgan fingerprint density at radius 3 is 2.96 bits per heavy atom. The summed E-state index contributed by atoms with van der Waals surface area (Å²) in [5, 5.41) is 3.08. The van der Waals surface area contributed by atoms with Gasteiger partial charge in [0.15, 0.2) is 0 Å². The maximum Gasteiger partial charge on any atom is 0.317 e. The van der Waals surface area contributed by atoms with Crippen molar-refractivity contribution in [3.05, 3.63) is 35.6 Å². The van der Waals surface area contributed by atoms with Crippen LogP contribution in [0.3, 0.4) is 0 Å². The van der Waals surface area contributed by atoms with Gasteiger partial charge >= 0.3 is 6.03 Å². The lowest BCUT2D eigenvalue weighted by Gasteiger charge is -2.21. The van der Waals surface area contributed by atoms with Crippen LogP contribution in [0.25, 0.3) is 0 Å². The fourth-order valence-electron chi connectivity index (χ4n) is 3.80. The van der Waals surface area contributed by atoms with Gasteiger partial charge in [-0.25, -0.2) is 9.18 Å². The molecule has 0 spiro atoms. The number of nitrogens with zero attached hydrogens (tertiary/aromatic N) is 2. The number of amides is 2. The summed E-state index contributed by atoms with van der Waals surface area (Å²) in [4.78, 5) is 16.7. The molecule has 2 amide bonds. The molecule has 24 heavy (non-hydrogen) atoms. The number of carbonyl (C=O) groups excluding carboxylic acids is 1. The molecular formula is C19H28FN3O. The van der Waals surface area contributed by atoms with Gasteiger partial charge in [0, 0.05) is 31.6 Å². The number of hydrogen-bond donors (Lipinski definition) is 1. The van der Waals surface area contributed by atoms with E-state index in [0.717, 1.165) is 51.0 Å². The van der Waals surface area contributed by atoms with Gasteiger partial charge in [-0.1, -0.05) is 25.1 Å². The molecule has 0 aromatic heterocycles. The van der Waals surface area contributed by atoms with E-state index in [0.29, 0.717) is 5.92 Å². The van der Waals surface area contributed by atoms with Crippen molar-refractivity contribution in [2.24, 2.45) is 5.92 Å². The topological polar surface area (TPSA) is 35.6 Å². The normalized spacial score (nSPS) is 26.0. The Balaban J connectivity index is 1.45. The third kappa shape index (κ3) is 4.07. The van der Waals surface area contributed by atoms with Crippen molar-refractivity contribution in [3.8, 4) is 0 Å². The molecule has 2 aliphatic rings. The number of carbonyl (C=O) groups is 1. The zero-order chi connectivity index (χ0) is 17.1. The zero-order valence-corrected chi connectivity index (χ0v) is 14.7. The van der Waals surface area contributed by atoms with E-state index in [-0.39, 0.29) is 23.8 Å². The van der Waals surface area contributed by atoms with Crippen LogP contribution >= 0.6 is 0 Å². The maximum absolute atomic E-state index is 13.8. The Labute approximate surface area is 144 Å². The monoisotopic (exact) mass is 333 g/mol. The predicted octanol–water partition coefficient (Wildman–Crippen LogP) is 3.05. The van der Waals surface area contributed by atoms with Crippen LogP contribution in [0.15, 0.2) is 24.3 Å². The number of nitrogens with one attached hydrogen (secondary N) is 1.